The second kappa shape index (κ2) is 7.37. The molecular formula is C21H14Cl2O2S. The molecule has 1 unspecified atom stereocenters. The van der Waals surface area contributed by atoms with Gasteiger partial charge in [0.25, 0.3) is 0 Å². The summed E-state index contributed by atoms with van der Waals surface area (Å²) in [7, 11) is 0. The van der Waals surface area contributed by atoms with Gasteiger partial charge in [0, 0.05) is 20.3 Å². The number of benzene rings is 3. The Morgan fingerprint density at radius 2 is 1.62 bits per heavy atom. The predicted molar refractivity (Wildman–Crippen MR) is 107 cm³/mol. The topological polar surface area (TPSA) is 33.4 Å². The van der Waals surface area contributed by atoms with Crippen molar-refractivity contribution < 1.29 is 9.52 Å². The second-order valence-electron chi connectivity index (χ2n) is 5.81. The predicted octanol–water partition coefficient (Wildman–Crippen LogP) is 6.97. The standard InChI is InChI=1S/C21H14Cl2O2S/c22-14-8-10-16(11-9-14)26-21-17-6-1-2-7-18(17)25-20(21)19(24)13-4-3-5-15(23)12-13/h1-12,19,24H. The molecule has 0 aliphatic carbocycles. The summed E-state index contributed by atoms with van der Waals surface area (Å²) >= 11 is 13.6. The molecule has 5 heteroatoms. The Balaban J connectivity index is 1.82. The van der Waals surface area contributed by atoms with Crippen LogP contribution in [0.4, 0.5) is 0 Å². The lowest BCUT2D eigenvalue weighted by Crippen LogP contribution is -1.99. The number of hydrogen-bond donors (Lipinski definition) is 1. The van der Waals surface area contributed by atoms with Crippen molar-refractivity contribution >= 4 is 45.9 Å². The Morgan fingerprint density at radius 1 is 0.846 bits per heavy atom. The summed E-state index contributed by atoms with van der Waals surface area (Å²) in [5.74, 6) is 0.508. The number of para-hydroxylation sites is 1. The highest BCUT2D eigenvalue weighted by atomic mass is 35.5. The molecule has 0 aliphatic heterocycles. The van der Waals surface area contributed by atoms with E-state index in [0.717, 1.165) is 20.8 Å². The van der Waals surface area contributed by atoms with Gasteiger partial charge in [0.2, 0.25) is 0 Å². The molecule has 1 N–H and O–H groups in total. The molecule has 0 fully saturated rings. The Labute approximate surface area is 165 Å². The van der Waals surface area contributed by atoms with Crippen molar-refractivity contribution in [3.05, 3.63) is 94.2 Å². The first-order valence-electron chi connectivity index (χ1n) is 8.00. The SMILES string of the molecule is OC(c1cccc(Cl)c1)c1oc2ccccc2c1Sc1ccc(Cl)cc1. The summed E-state index contributed by atoms with van der Waals surface area (Å²) < 4.78 is 6.01. The van der Waals surface area contributed by atoms with E-state index in [1.54, 1.807) is 23.9 Å². The Bertz CT molecular complexity index is 1060. The second-order valence-corrected chi connectivity index (χ2v) is 7.76. The monoisotopic (exact) mass is 400 g/mol. The van der Waals surface area contributed by atoms with Crippen molar-refractivity contribution in [3.8, 4) is 0 Å². The van der Waals surface area contributed by atoms with Crippen LogP contribution in [0.5, 0.6) is 0 Å². The van der Waals surface area contributed by atoms with E-state index in [2.05, 4.69) is 0 Å². The fourth-order valence-electron chi connectivity index (χ4n) is 2.77. The van der Waals surface area contributed by atoms with Gasteiger partial charge < -0.3 is 9.52 Å². The maximum atomic E-state index is 10.9. The molecule has 1 atom stereocenters. The number of aliphatic hydroxyl groups excluding tert-OH is 1. The van der Waals surface area contributed by atoms with Crippen LogP contribution < -0.4 is 0 Å². The highest BCUT2D eigenvalue weighted by Gasteiger charge is 2.23. The van der Waals surface area contributed by atoms with Gasteiger partial charge in [-0.15, -0.1) is 0 Å². The molecule has 26 heavy (non-hydrogen) atoms. The van der Waals surface area contributed by atoms with E-state index in [1.807, 2.05) is 60.7 Å². The van der Waals surface area contributed by atoms with Crippen molar-refractivity contribution in [1.29, 1.82) is 0 Å². The number of fused-ring (bicyclic) bond motifs is 1. The van der Waals surface area contributed by atoms with Gasteiger partial charge in [-0.1, -0.05) is 59.2 Å². The van der Waals surface area contributed by atoms with Gasteiger partial charge >= 0.3 is 0 Å². The number of rotatable bonds is 4. The molecule has 0 aliphatic rings. The fraction of sp³-hybridized carbons (Fsp3) is 0.0476. The molecule has 4 aromatic rings. The maximum Gasteiger partial charge on any atom is 0.152 e. The molecule has 0 saturated carbocycles. The van der Waals surface area contributed by atoms with Crippen LogP contribution in [0.1, 0.15) is 17.4 Å². The lowest BCUT2D eigenvalue weighted by Gasteiger charge is -2.11. The lowest BCUT2D eigenvalue weighted by molar-refractivity contribution is 0.188. The first-order chi connectivity index (χ1) is 12.6. The van der Waals surface area contributed by atoms with Crippen LogP contribution in [0.15, 0.2) is 87.0 Å². The van der Waals surface area contributed by atoms with Gasteiger partial charge in [-0.2, -0.15) is 0 Å². The van der Waals surface area contributed by atoms with Gasteiger partial charge in [0.1, 0.15) is 11.7 Å². The Hall–Kier alpha value is -1.91. The van der Waals surface area contributed by atoms with E-state index < -0.39 is 6.10 Å². The quantitative estimate of drug-likeness (QED) is 0.401. The van der Waals surface area contributed by atoms with E-state index in [9.17, 15) is 5.11 Å². The molecule has 0 bridgehead atoms. The molecule has 1 heterocycles. The first kappa shape index (κ1) is 17.5. The number of furan rings is 1. The van der Waals surface area contributed by atoms with Crippen LogP contribution in [-0.2, 0) is 0 Å². The first-order valence-corrected chi connectivity index (χ1v) is 9.57. The average molecular weight is 401 g/mol. The van der Waals surface area contributed by atoms with Crippen LogP contribution in [-0.4, -0.2) is 5.11 Å². The zero-order valence-corrected chi connectivity index (χ0v) is 15.9. The molecule has 0 amide bonds. The van der Waals surface area contributed by atoms with E-state index in [-0.39, 0.29) is 0 Å². The Kier molecular flexibility index (Phi) is 4.96. The third-order valence-corrected chi connectivity index (χ3v) is 5.64. The summed E-state index contributed by atoms with van der Waals surface area (Å²) in [5.41, 5.74) is 1.43. The van der Waals surface area contributed by atoms with E-state index in [4.69, 9.17) is 27.6 Å². The minimum absolute atomic E-state index is 0.508. The van der Waals surface area contributed by atoms with Gasteiger partial charge in [-0.05, 0) is 54.1 Å². The molecule has 2 nitrogen and oxygen atoms in total. The summed E-state index contributed by atoms with van der Waals surface area (Å²) in [4.78, 5) is 1.90. The number of hydrogen-bond acceptors (Lipinski definition) is 3. The maximum absolute atomic E-state index is 10.9. The minimum Gasteiger partial charge on any atom is -0.457 e. The molecule has 0 radical (unpaired) electrons. The normalized spacial score (nSPS) is 12.4. The summed E-state index contributed by atoms with van der Waals surface area (Å²) in [5, 5.41) is 13.2. The zero-order valence-electron chi connectivity index (χ0n) is 13.5. The molecule has 1 aromatic heterocycles. The van der Waals surface area contributed by atoms with E-state index in [0.29, 0.717) is 21.4 Å². The van der Waals surface area contributed by atoms with Gasteiger partial charge in [-0.25, -0.2) is 0 Å². The largest absolute Gasteiger partial charge is 0.457 e. The fourth-order valence-corrected chi connectivity index (χ4v) is 4.14. The molecule has 130 valence electrons. The summed E-state index contributed by atoms with van der Waals surface area (Å²) in [6, 6.07) is 22.5. The van der Waals surface area contributed by atoms with Crippen LogP contribution in [0.2, 0.25) is 10.0 Å². The van der Waals surface area contributed by atoms with Gasteiger partial charge in [-0.3, -0.25) is 0 Å². The van der Waals surface area contributed by atoms with Crippen molar-refractivity contribution in [2.75, 3.05) is 0 Å². The molecular weight excluding hydrogens is 387 g/mol. The van der Waals surface area contributed by atoms with Crippen molar-refractivity contribution in [3.63, 3.8) is 0 Å². The number of halogens is 2. The summed E-state index contributed by atoms with van der Waals surface area (Å²) in [6.07, 6.45) is -0.907. The minimum atomic E-state index is -0.907. The van der Waals surface area contributed by atoms with Crippen molar-refractivity contribution in [2.45, 2.75) is 15.9 Å². The van der Waals surface area contributed by atoms with E-state index in [1.165, 1.54) is 0 Å². The van der Waals surface area contributed by atoms with Crippen molar-refractivity contribution in [2.24, 2.45) is 0 Å². The van der Waals surface area contributed by atoms with Gasteiger partial charge in [0.15, 0.2) is 5.76 Å². The van der Waals surface area contributed by atoms with Gasteiger partial charge in [0.05, 0.1) is 4.90 Å². The molecule has 0 spiro atoms. The van der Waals surface area contributed by atoms with Crippen LogP contribution >= 0.6 is 35.0 Å². The van der Waals surface area contributed by atoms with Crippen LogP contribution in [0.25, 0.3) is 11.0 Å². The average Bonchev–Trinajstić information content (AvgIpc) is 3.01. The lowest BCUT2D eigenvalue weighted by atomic mass is 10.1. The molecule has 3 aromatic carbocycles. The molecule has 4 rings (SSSR count). The van der Waals surface area contributed by atoms with E-state index >= 15 is 0 Å². The highest BCUT2D eigenvalue weighted by molar-refractivity contribution is 7.99. The van der Waals surface area contributed by atoms with Crippen molar-refractivity contribution in [1.82, 2.24) is 0 Å². The van der Waals surface area contributed by atoms with Crippen LogP contribution in [0, 0.1) is 0 Å². The Morgan fingerprint density at radius 3 is 2.38 bits per heavy atom. The smallest absolute Gasteiger partial charge is 0.152 e. The molecule has 0 saturated heterocycles. The third kappa shape index (κ3) is 3.49. The summed E-state index contributed by atoms with van der Waals surface area (Å²) in [6.45, 7) is 0. The third-order valence-electron chi connectivity index (χ3n) is 4.02. The number of aliphatic hydroxyl groups is 1. The highest BCUT2D eigenvalue weighted by Crippen LogP contribution is 2.42. The zero-order chi connectivity index (χ0) is 18.1. The van der Waals surface area contributed by atoms with Crippen LogP contribution in [0.3, 0.4) is 0 Å².